The molecule has 0 aliphatic carbocycles. The van der Waals surface area contributed by atoms with Crippen LogP contribution in [0.25, 0.3) is 0 Å². The number of benzene rings is 1. The van der Waals surface area contributed by atoms with Crippen molar-refractivity contribution in [2.75, 3.05) is 27.2 Å². The summed E-state index contributed by atoms with van der Waals surface area (Å²) >= 11 is 0. The van der Waals surface area contributed by atoms with Crippen molar-refractivity contribution in [2.24, 2.45) is 0 Å². The quantitative estimate of drug-likeness (QED) is 0.877. The molecule has 5 nitrogen and oxygen atoms in total. The van der Waals surface area contributed by atoms with Gasteiger partial charge in [0.2, 0.25) is 5.91 Å². The van der Waals surface area contributed by atoms with Crippen molar-refractivity contribution in [1.82, 2.24) is 20.7 Å². The zero-order valence-corrected chi connectivity index (χ0v) is 13.7. The maximum atomic E-state index is 12.7. The number of carbonyl (C=O) groups excluding carboxylic acids is 1. The molecule has 120 valence electrons. The van der Waals surface area contributed by atoms with Crippen LogP contribution in [0, 0.1) is 6.92 Å². The Hall–Kier alpha value is -1.43. The number of nitrogens with zero attached hydrogens (tertiary/aromatic N) is 2. The van der Waals surface area contributed by atoms with Crippen molar-refractivity contribution in [3.8, 4) is 0 Å². The number of hydrogen-bond donors (Lipinski definition) is 2. The van der Waals surface area contributed by atoms with Gasteiger partial charge in [0.15, 0.2) is 0 Å². The minimum absolute atomic E-state index is 0.118. The summed E-state index contributed by atoms with van der Waals surface area (Å²) in [5.74, 6) is 0.228. The van der Waals surface area contributed by atoms with E-state index in [1.165, 1.54) is 11.1 Å². The molecule has 2 N–H and O–H groups in total. The highest BCUT2D eigenvalue weighted by Crippen LogP contribution is 2.24. The first kappa shape index (κ1) is 15.5. The van der Waals surface area contributed by atoms with Crippen LogP contribution in [0.3, 0.4) is 0 Å². The summed E-state index contributed by atoms with van der Waals surface area (Å²) in [6.45, 7) is 3.80. The second-order valence-corrected chi connectivity index (χ2v) is 6.73. The molecule has 1 aromatic carbocycles. The maximum Gasteiger partial charge on any atom is 0.241 e. The van der Waals surface area contributed by atoms with Crippen LogP contribution in [0.1, 0.15) is 30.0 Å². The lowest BCUT2D eigenvalue weighted by Crippen LogP contribution is -2.45. The first-order chi connectivity index (χ1) is 10.5. The van der Waals surface area contributed by atoms with E-state index in [1.54, 1.807) is 0 Å². The number of nitrogens with one attached hydrogen (secondary N) is 2. The predicted octanol–water partition coefficient (Wildman–Crippen LogP) is 1.07. The monoisotopic (exact) mass is 302 g/mol. The largest absolute Gasteiger partial charge is 0.340 e. The Morgan fingerprint density at radius 1 is 1.23 bits per heavy atom. The first-order valence-electron chi connectivity index (χ1n) is 8.07. The molecule has 1 amide bonds. The molecule has 0 aromatic heterocycles. The fraction of sp³-hybridized carbons (Fsp3) is 0.588. The number of hydrazine groups is 1. The summed E-state index contributed by atoms with van der Waals surface area (Å²) < 4.78 is 0. The van der Waals surface area contributed by atoms with E-state index in [0.717, 1.165) is 25.9 Å². The Kier molecular flexibility index (Phi) is 4.47. The third-order valence-electron chi connectivity index (χ3n) is 4.89. The highest BCUT2D eigenvalue weighted by Gasteiger charge is 2.36. The van der Waals surface area contributed by atoms with Crippen molar-refractivity contribution in [1.29, 1.82) is 0 Å². The van der Waals surface area contributed by atoms with Gasteiger partial charge >= 0.3 is 0 Å². The van der Waals surface area contributed by atoms with Crippen molar-refractivity contribution in [2.45, 2.75) is 37.9 Å². The average molecular weight is 302 g/mol. The number of carbonyl (C=O) groups is 1. The van der Waals surface area contributed by atoms with E-state index in [0.29, 0.717) is 6.04 Å². The minimum Gasteiger partial charge on any atom is -0.340 e. The zero-order valence-electron chi connectivity index (χ0n) is 13.7. The number of aryl methyl sites for hydroxylation is 1. The Morgan fingerprint density at radius 3 is 2.59 bits per heavy atom. The van der Waals surface area contributed by atoms with Crippen LogP contribution in [0.4, 0.5) is 0 Å². The molecule has 0 radical (unpaired) electrons. The molecule has 0 saturated carbocycles. The molecule has 0 bridgehead atoms. The summed E-state index contributed by atoms with van der Waals surface area (Å²) in [4.78, 5) is 16.9. The molecule has 5 heteroatoms. The highest BCUT2D eigenvalue weighted by atomic mass is 16.2. The average Bonchev–Trinajstić information content (AvgIpc) is 3.17. The molecular weight excluding hydrogens is 276 g/mol. The number of likely N-dealkylation sites (tertiary alicyclic amines) is 1. The molecule has 3 unspecified atom stereocenters. The van der Waals surface area contributed by atoms with Gasteiger partial charge in [-0.1, -0.05) is 29.8 Å². The molecular formula is C17H26N4O. The Labute approximate surface area is 132 Å². The number of hydrogen-bond acceptors (Lipinski definition) is 4. The second kappa shape index (κ2) is 6.36. The summed E-state index contributed by atoms with van der Waals surface area (Å²) in [6.07, 6.45) is 1.88. The summed E-state index contributed by atoms with van der Waals surface area (Å²) in [7, 11) is 4.17. The van der Waals surface area contributed by atoms with Crippen LogP contribution in [-0.4, -0.2) is 55.0 Å². The smallest absolute Gasteiger partial charge is 0.241 e. The van der Waals surface area contributed by atoms with Gasteiger partial charge in [-0.05, 0) is 39.4 Å². The zero-order chi connectivity index (χ0) is 15.7. The van der Waals surface area contributed by atoms with Crippen molar-refractivity contribution >= 4 is 5.91 Å². The molecule has 0 spiro atoms. The summed E-state index contributed by atoms with van der Waals surface area (Å²) in [5, 5.41) is 0. The van der Waals surface area contributed by atoms with Crippen LogP contribution in [0.2, 0.25) is 0 Å². The van der Waals surface area contributed by atoms with E-state index >= 15 is 0 Å². The maximum absolute atomic E-state index is 12.7. The fourth-order valence-electron chi connectivity index (χ4n) is 3.32. The number of amides is 1. The van der Waals surface area contributed by atoms with Crippen molar-refractivity contribution in [3.63, 3.8) is 0 Å². The van der Waals surface area contributed by atoms with E-state index in [1.807, 2.05) is 4.90 Å². The van der Waals surface area contributed by atoms with Gasteiger partial charge in [-0.3, -0.25) is 4.79 Å². The molecule has 2 aliphatic rings. The molecule has 3 atom stereocenters. The molecule has 2 aliphatic heterocycles. The van der Waals surface area contributed by atoms with Gasteiger partial charge in [0.05, 0.1) is 0 Å². The number of rotatable bonds is 3. The SMILES string of the molecule is Cc1ccc(C2CC(C(=O)N3CCC(N(C)C)C3)NN2)cc1. The van der Waals surface area contributed by atoms with E-state index < -0.39 is 0 Å². The van der Waals surface area contributed by atoms with Gasteiger partial charge in [0.25, 0.3) is 0 Å². The summed E-state index contributed by atoms with van der Waals surface area (Å²) in [6, 6.07) is 9.10. The van der Waals surface area contributed by atoms with E-state index in [4.69, 9.17) is 0 Å². The van der Waals surface area contributed by atoms with E-state index in [2.05, 4.69) is 61.0 Å². The third-order valence-corrected chi connectivity index (χ3v) is 4.89. The molecule has 2 saturated heterocycles. The fourth-order valence-corrected chi connectivity index (χ4v) is 3.32. The van der Waals surface area contributed by atoms with Crippen LogP contribution >= 0.6 is 0 Å². The summed E-state index contributed by atoms with van der Waals surface area (Å²) in [5.41, 5.74) is 8.95. The van der Waals surface area contributed by atoms with Crippen molar-refractivity contribution in [3.05, 3.63) is 35.4 Å². The molecule has 2 fully saturated rings. The third kappa shape index (κ3) is 3.16. The lowest BCUT2D eigenvalue weighted by molar-refractivity contribution is -0.132. The van der Waals surface area contributed by atoms with Gasteiger partial charge < -0.3 is 9.80 Å². The van der Waals surface area contributed by atoms with E-state index in [-0.39, 0.29) is 18.0 Å². The lowest BCUT2D eigenvalue weighted by atomic mass is 10.0. The molecule has 22 heavy (non-hydrogen) atoms. The van der Waals surface area contributed by atoms with Crippen molar-refractivity contribution < 1.29 is 4.79 Å². The van der Waals surface area contributed by atoms with E-state index in [9.17, 15) is 4.79 Å². The Bertz CT molecular complexity index is 528. The predicted molar refractivity (Wildman–Crippen MR) is 87.3 cm³/mol. The molecule has 1 aromatic rings. The minimum atomic E-state index is -0.118. The van der Waals surface area contributed by atoms with Gasteiger partial charge in [0.1, 0.15) is 6.04 Å². The highest BCUT2D eigenvalue weighted by molar-refractivity contribution is 5.82. The standard InChI is InChI=1S/C17H26N4O/c1-12-4-6-13(7-5-12)15-10-16(19-18-15)17(22)21-9-8-14(11-21)20(2)3/h4-7,14-16,18-19H,8-11H2,1-3H3. The van der Waals surface area contributed by atoms with Crippen LogP contribution < -0.4 is 10.9 Å². The Balaban J connectivity index is 1.58. The van der Waals surface area contributed by atoms with Gasteiger partial charge in [-0.2, -0.15) is 0 Å². The second-order valence-electron chi connectivity index (χ2n) is 6.73. The molecule has 2 heterocycles. The molecule has 3 rings (SSSR count). The normalized spacial score (nSPS) is 28.5. The van der Waals surface area contributed by atoms with Gasteiger partial charge in [-0.25, -0.2) is 10.9 Å². The van der Waals surface area contributed by atoms with Crippen LogP contribution in [-0.2, 0) is 4.79 Å². The first-order valence-corrected chi connectivity index (χ1v) is 8.07. The lowest BCUT2D eigenvalue weighted by Gasteiger charge is -2.22. The number of likely N-dealkylation sites (N-methyl/N-ethyl adjacent to an activating group) is 1. The van der Waals surface area contributed by atoms with Crippen LogP contribution in [0.15, 0.2) is 24.3 Å². The Morgan fingerprint density at radius 2 is 1.95 bits per heavy atom. The van der Waals surface area contributed by atoms with Gasteiger partial charge in [0, 0.05) is 25.2 Å². The topological polar surface area (TPSA) is 47.6 Å². The van der Waals surface area contributed by atoms with Gasteiger partial charge in [-0.15, -0.1) is 0 Å². The van der Waals surface area contributed by atoms with Crippen LogP contribution in [0.5, 0.6) is 0 Å².